The molecule has 0 bridgehead atoms. The Morgan fingerprint density at radius 1 is 1.42 bits per heavy atom. The van der Waals surface area contributed by atoms with Crippen molar-refractivity contribution in [3.8, 4) is 5.75 Å². The van der Waals surface area contributed by atoms with Crippen molar-refractivity contribution < 1.29 is 8.95 Å². The van der Waals surface area contributed by atoms with Crippen LogP contribution in [0.4, 0.5) is 0 Å². The monoisotopic (exact) mass is 302 g/mol. The van der Waals surface area contributed by atoms with Crippen molar-refractivity contribution in [3.05, 3.63) is 23.8 Å². The minimum atomic E-state index is -0.922. The van der Waals surface area contributed by atoms with E-state index in [-0.39, 0.29) is 0 Å². The Balaban J connectivity index is 2.65. The predicted octanol–water partition coefficient (Wildman–Crippen LogP) is 4.16. The van der Waals surface area contributed by atoms with E-state index in [1.807, 2.05) is 32.0 Å². The van der Waals surface area contributed by atoms with Gasteiger partial charge in [0.25, 0.3) is 0 Å². The summed E-state index contributed by atoms with van der Waals surface area (Å²) in [4.78, 5) is 0.893. The number of rotatable bonds is 8. The molecule has 0 N–H and O–H groups in total. The maximum Gasteiger partial charge on any atom is 0.120 e. The molecule has 0 heterocycles. The van der Waals surface area contributed by atoms with Gasteiger partial charge in [-0.15, -0.1) is 11.6 Å². The lowest BCUT2D eigenvalue weighted by Crippen LogP contribution is -2.06. The van der Waals surface area contributed by atoms with Crippen molar-refractivity contribution in [3.63, 3.8) is 0 Å². The molecule has 0 aliphatic heterocycles. The Kier molecular flexibility index (Phi) is 7.47. The molecule has 108 valence electrons. The van der Waals surface area contributed by atoms with Gasteiger partial charge in [-0.05, 0) is 43.4 Å². The van der Waals surface area contributed by atoms with E-state index in [4.69, 9.17) is 16.3 Å². The van der Waals surface area contributed by atoms with Gasteiger partial charge in [-0.1, -0.05) is 19.9 Å². The summed E-state index contributed by atoms with van der Waals surface area (Å²) in [5, 5.41) is 0. The molecule has 2 nitrogen and oxygen atoms in total. The Morgan fingerprint density at radius 3 is 2.79 bits per heavy atom. The summed E-state index contributed by atoms with van der Waals surface area (Å²) in [6, 6.07) is 5.82. The van der Waals surface area contributed by atoms with Gasteiger partial charge >= 0.3 is 0 Å². The highest BCUT2D eigenvalue weighted by Crippen LogP contribution is 2.21. The molecule has 0 fully saturated rings. The van der Waals surface area contributed by atoms with Crippen LogP contribution < -0.4 is 4.74 Å². The highest BCUT2D eigenvalue weighted by Gasteiger charge is 2.08. The van der Waals surface area contributed by atoms with Crippen molar-refractivity contribution in [1.29, 1.82) is 0 Å². The van der Waals surface area contributed by atoms with E-state index in [0.29, 0.717) is 24.2 Å². The van der Waals surface area contributed by atoms with Crippen LogP contribution in [0.1, 0.15) is 32.3 Å². The molecule has 0 saturated heterocycles. The predicted molar refractivity (Wildman–Crippen MR) is 82.7 cm³/mol. The van der Waals surface area contributed by atoms with Gasteiger partial charge in [0.15, 0.2) is 0 Å². The Hall–Kier alpha value is -0.540. The first-order valence-corrected chi connectivity index (χ1v) is 8.61. The van der Waals surface area contributed by atoms with Crippen molar-refractivity contribution in [2.24, 2.45) is 5.92 Å². The average Bonchev–Trinajstić information content (AvgIpc) is 2.40. The molecular weight excluding hydrogens is 280 g/mol. The molecular formula is C15H23ClO2S. The van der Waals surface area contributed by atoms with Crippen molar-refractivity contribution in [2.75, 3.05) is 18.2 Å². The molecule has 1 aromatic rings. The molecule has 1 aromatic carbocycles. The maximum atomic E-state index is 12.1. The van der Waals surface area contributed by atoms with Crippen LogP contribution in [-0.4, -0.2) is 22.4 Å². The molecule has 0 aromatic heterocycles. The van der Waals surface area contributed by atoms with Gasteiger partial charge < -0.3 is 4.74 Å². The molecule has 0 aliphatic rings. The standard InChI is InChI=1S/C15H23ClO2S/c1-4-9-19(17)15-10-14(6-5-13(15)3)18-8-7-12(2)11-16/h5-6,10,12H,4,7-9,11H2,1-3H3. The first-order valence-electron chi connectivity index (χ1n) is 6.76. The second-order valence-corrected chi connectivity index (χ2v) is 6.72. The summed E-state index contributed by atoms with van der Waals surface area (Å²) < 4.78 is 17.8. The van der Waals surface area contributed by atoms with Crippen molar-refractivity contribution in [1.82, 2.24) is 0 Å². The minimum absolute atomic E-state index is 0.459. The van der Waals surface area contributed by atoms with Gasteiger partial charge in [-0.3, -0.25) is 4.21 Å². The number of aryl methyl sites for hydroxylation is 1. The van der Waals surface area contributed by atoms with Gasteiger partial charge in [-0.2, -0.15) is 0 Å². The van der Waals surface area contributed by atoms with Crippen molar-refractivity contribution >= 4 is 22.4 Å². The highest BCUT2D eigenvalue weighted by molar-refractivity contribution is 7.85. The summed E-state index contributed by atoms with van der Waals surface area (Å²) in [6.07, 6.45) is 1.86. The molecule has 2 atom stereocenters. The number of hydrogen-bond acceptors (Lipinski definition) is 2. The first-order chi connectivity index (χ1) is 9.08. The van der Waals surface area contributed by atoms with E-state index >= 15 is 0 Å². The lowest BCUT2D eigenvalue weighted by Gasteiger charge is -2.12. The van der Waals surface area contributed by atoms with Gasteiger partial charge in [-0.25, -0.2) is 0 Å². The van der Waals surface area contributed by atoms with E-state index in [9.17, 15) is 4.21 Å². The van der Waals surface area contributed by atoms with Crippen molar-refractivity contribution in [2.45, 2.75) is 38.5 Å². The van der Waals surface area contributed by atoms with E-state index in [1.54, 1.807) is 0 Å². The topological polar surface area (TPSA) is 26.3 Å². The van der Waals surface area contributed by atoms with Crippen LogP contribution in [0.25, 0.3) is 0 Å². The second kappa shape index (κ2) is 8.60. The van der Waals surface area contributed by atoms with Gasteiger partial charge in [0.2, 0.25) is 0 Å². The molecule has 4 heteroatoms. The van der Waals surface area contributed by atoms with E-state index in [0.717, 1.165) is 29.1 Å². The summed E-state index contributed by atoms with van der Waals surface area (Å²) in [5.41, 5.74) is 1.06. The number of alkyl halides is 1. The van der Waals surface area contributed by atoms with E-state index < -0.39 is 10.8 Å². The summed E-state index contributed by atoms with van der Waals surface area (Å²) in [5.74, 6) is 2.61. The Labute approximate surface area is 124 Å². The minimum Gasteiger partial charge on any atom is -0.494 e. The molecule has 0 radical (unpaired) electrons. The normalized spacial score (nSPS) is 14.1. The molecule has 19 heavy (non-hydrogen) atoms. The highest BCUT2D eigenvalue weighted by atomic mass is 35.5. The van der Waals surface area contributed by atoms with Crippen LogP contribution in [-0.2, 0) is 10.8 Å². The Morgan fingerprint density at radius 2 is 2.16 bits per heavy atom. The number of hydrogen-bond donors (Lipinski definition) is 0. The fourth-order valence-corrected chi connectivity index (χ4v) is 3.09. The maximum absolute atomic E-state index is 12.1. The molecule has 0 saturated carbocycles. The second-order valence-electron chi connectivity index (χ2n) is 4.87. The fraction of sp³-hybridized carbons (Fsp3) is 0.600. The van der Waals surface area contributed by atoms with Crippen LogP contribution in [0.3, 0.4) is 0 Å². The van der Waals surface area contributed by atoms with Gasteiger partial charge in [0.05, 0.1) is 17.4 Å². The third-order valence-corrected chi connectivity index (χ3v) is 5.17. The largest absolute Gasteiger partial charge is 0.494 e. The average molecular weight is 303 g/mol. The first kappa shape index (κ1) is 16.5. The molecule has 2 unspecified atom stereocenters. The SMILES string of the molecule is CCCS(=O)c1cc(OCCC(C)CCl)ccc1C. The number of benzene rings is 1. The van der Waals surface area contributed by atoms with Gasteiger partial charge in [0.1, 0.15) is 5.75 Å². The van der Waals surface area contributed by atoms with Crippen LogP contribution >= 0.6 is 11.6 Å². The third kappa shape index (κ3) is 5.53. The van der Waals surface area contributed by atoms with E-state index in [1.165, 1.54) is 0 Å². The van der Waals surface area contributed by atoms with Crippen LogP contribution in [0.2, 0.25) is 0 Å². The third-order valence-electron chi connectivity index (χ3n) is 2.94. The molecule has 0 aliphatic carbocycles. The molecule has 0 amide bonds. The zero-order valence-corrected chi connectivity index (χ0v) is 13.5. The lowest BCUT2D eigenvalue weighted by atomic mass is 10.1. The number of ether oxygens (including phenoxy) is 1. The van der Waals surface area contributed by atoms with Crippen LogP contribution in [0, 0.1) is 12.8 Å². The molecule has 0 spiro atoms. The van der Waals surface area contributed by atoms with Crippen LogP contribution in [0.5, 0.6) is 5.75 Å². The summed E-state index contributed by atoms with van der Waals surface area (Å²) in [7, 11) is -0.922. The summed E-state index contributed by atoms with van der Waals surface area (Å²) >= 11 is 5.76. The zero-order valence-electron chi connectivity index (χ0n) is 11.9. The Bertz CT molecular complexity index is 421. The van der Waals surface area contributed by atoms with E-state index in [2.05, 4.69) is 6.92 Å². The lowest BCUT2D eigenvalue weighted by molar-refractivity contribution is 0.289. The number of halogens is 1. The summed E-state index contributed by atoms with van der Waals surface area (Å²) in [6.45, 7) is 6.79. The molecule has 1 rings (SSSR count). The van der Waals surface area contributed by atoms with Crippen LogP contribution in [0.15, 0.2) is 23.1 Å². The zero-order chi connectivity index (χ0) is 14.3. The fourth-order valence-electron chi connectivity index (χ4n) is 1.67. The van der Waals surface area contributed by atoms with Gasteiger partial charge in [0, 0.05) is 16.5 Å². The quantitative estimate of drug-likeness (QED) is 0.674. The smallest absolute Gasteiger partial charge is 0.120 e.